The van der Waals surface area contributed by atoms with E-state index in [-0.39, 0.29) is 0 Å². The van der Waals surface area contributed by atoms with Gasteiger partial charge in [0.15, 0.2) is 11.5 Å². The number of hydrogen-bond donors (Lipinski definition) is 1. The van der Waals surface area contributed by atoms with Crippen LogP contribution in [0.15, 0.2) is 30.6 Å². The van der Waals surface area contributed by atoms with Crippen LogP contribution in [0.1, 0.15) is 11.3 Å². The molecule has 2 aromatic heterocycles. The Morgan fingerprint density at radius 3 is 2.86 bits per heavy atom. The van der Waals surface area contributed by atoms with Crippen molar-refractivity contribution in [3.05, 3.63) is 41.9 Å². The summed E-state index contributed by atoms with van der Waals surface area (Å²) in [6, 6.07) is 7.35. The number of hydrogen-bond acceptors (Lipinski definition) is 6. The fraction of sp³-hybridized carbons (Fsp3) is 0.214. The number of nitrogens with zero attached hydrogens (tertiary/aromatic N) is 4. The molecule has 21 heavy (non-hydrogen) atoms. The van der Waals surface area contributed by atoms with Crippen molar-refractivity contribution in [2.45, 2.75) is 13.5 Å². The number of rotatable bonds is 4. The van der Waals surface area contributed by atoms with Crippen LogP contribution >= 0.6 is 0 Å². The minimum Gasteiger partial charge on any atom is -0.493 e. The number of benzene rings is 1. The van der Waals surface area contributed by atoms with Crippen molar-refractivity contribution in [1.29, 1.82) is 0 Å². The van der Waals surface area contributed by atoms with Gasteiger partial charge >= 0.3 is 0 Å². The maximum absolute atomic E-state index is 5.91. The van der Waals surface area contributed by atoms with Gasteiger partial charge in [-0.2, -0.15) is 14.6 Å². The molecule has 0 aliphatic rings. The molecule has 0 radical (unpaired) electrons. The first kappa shape index (κ1) is 13.3. The van der Waals surface area contributed by atoms with Gasteiger partial charge < -0.3 is 15.2 Å². The van der Waals surface area contributed by atoms with Crippen molar-refractivity contribution in [3.63, 3.8) is 0 Å². The third-order valence-corrected chi connectivity index (χ3v) is 3.03. The SMILES string of the molecule is COc1cc(CN)ccc1Oc1cc(C)nc2ncnn12. The van der Waals surface area contributed by atoms with Crippen molar-refractivity contribution in [3.8, 4) is 17.4 Å². The molecule has 0 unspecified atom stereocenters. The van der Waals surface area contributed by atoms with Crippen LogP contribution in [0.3, 0.4) is 0 Å². The summed E-state index contributed by atoms with van der Waals surface area (Å²) in [6.45, 7) is 2.31. The van der Waals surface area contributed by atoms with Gasteiger partial charge in [0.2, 0.25) is 5.88 Å². The largest absolute Gasteiger partial charge is 0.493 e. The Balaban J connectivity index is 2.04. The molecule has 7 heteroatoms. The lowest BCUT2D eigenvalue weighted by atomic mass is 10.2. The average Bonchev–Trinajstić information content (AvgIpc) is 2.96. The zero-order valence-corrected chi connectivity index (χ0v) is 11.8. The number of nitrogens with two attached hydrogens (primary N) is 1. The summed E-state index contributed by atoms with van der Waals surface area (Å²) in [5.41, 5.74) is 7.39. The lowest BCUT2D eigenvalue weighted by Gasteiger charge is -2.12. The molecule has 1 aromatic carbocycles. The molecule has 0 aliphatic heterocycles. The van der Waals surface area contributed by atoms with Gasteiger partial charge in [0.1, 0.15) is 6.33 Å². The lowest BCUT2D eigenvalue weighted by molar-refractivity contribution is 0.369. The zero-order chi connectivity index (χ0) is 14.8. The van der Waals surface area contributed by atoms with E-state index in [9.17, 15) is 0 Å². The molecule has 0 spiro atoms. The number of aryl methyl sites for hydroxylation is 1. The van der Waals surface area contributed by atoms with E-state index in [0.717, 1.165) is 11.3 Å². The van der Waals surface area contributed by atoms with Crippen molar-refractivity contribution >= 4 is 5.78 Å². The van der Waals surface area contributed by atoms with Gasteiger partial charge in [-0.3, -0.25) is 0 Å². The van der Waals surface area contributed by atoms with Gasteiger partial charge in [-0.25, -0.2) is 4.98 Å². The van der Waals surface area contributed by atoms with Gasteiger partial charge in [0.25, 0.3) is 5.78 Å². The summed E-state index contributed by atoms with van der Waals surface area (Å²) in [5.74, 6) is 2.20. The van der Waals surface area contributed by atoms with Crippen LogP contribution in [0.4, 0.5) is 0 Å². The minimum atomic E-state index is 0.443. The van der Waals surface area contributed by atoms with Crippen molar-refractivity contribution in [2.75, 3.05) is 7.11 Å². The molecule has 0 saturated heterocycles. The van der Waals surface area contributed by atoms with E-state index in [1.54, 1.807) is 13.2 Å². The number of ether oxygens (including phenoxy) is 2. The molecule has 0 aliphatic carbocycles. The highest BCUT2D eigenvalue weighted by molar-refractivity contribution is 5.45. The molecule has 2 heterocycles. The van der Waals surface area contributed by atoms with Gasteiger partial charge in [0, 0.05) is 18.3 Å². The maximum Gasteiger partial charge on any atom is 0.255 e. The predicted octanol–water partition coefficient (Wildman–Crippen LogP) is 1.69. The number of fused-ring (bicyclic) bond motifs is 1. The van der Waals surface area contributed by atoms with Crippen LogP contribution in [-0.2, 0) is 6.54 Å². The van der Waals surface area contributed by atoms with Gasteiger partial charge in [-0.1, -0.05) is 6.07 Å². The van der Waals surface area contributed by atoms with Crippen LogP contribution < -0.4 is 15.2 Å². The predicted molar refractivity (Wildman–Crippen MR) is 76.5 cm³/mol. The maximum atomic E-state index is 5.91. The van der Waals surface area contributed by atoms with Crippen LogP contribution in [0, 0.1) is 6.92 Å². The molecule has 0 amide bonds. The first-order valence-corrected chi connectivity index (χ1v) is 6.43. The summed E-state index contributed by atoms with van der Waals surface area (Å²) in [7, 11) is 1.59. The molecule has 0 atom stereocenters. The Kier molecular flexibility index (Phi) is 3.41. The Labute approximate surface area is 121 Å². The molecule has 3 aromatic rings. The standard InChI is InChI=1S/C14H15N5O2/c1-9-5-13(19-14(18-9)16-8-17-19)21-11-4-3-10(7-15)6-12(11)20-2/h3-6,8H,7,15H2,1-2H3. The van der Waals surface area contributed by atoms with Crippen molar-refractivity contribution in [1.82, 2.24) is 19.6 Å². The molecule has 108 valence electrons. The van der Waals surface area contributed by atoms with E-state index in [0.29, 0.717) is 29.7 Å². The summed E-state index contributed by atoms with van der Waals surface area (Å²) < 4.78 is 12.8. The molecule has 7 nitrogen and oxygen atoms in total. The summed E-state index contributed by atoms with van der Waals surface area (Å²) >= 11 is 0. The molecule has 0 saturated carbocycles. The Morgan fingerprint density at radius 2 is 2.10 bits per heavy atom. The van der Waals surface area contributed by atoms with E-state index < -0.39 is 0 Å². The molecule has 2 N–H and O–H groups in total. The Morgan fingerprint density at radius 1 is 1.24 bits per heavy atom. The quantitative estimate of drug-likeness (QED) is 0.785. The highest BCUT2D eigenvalue weighted by Crippen LogP contribution is 2.32. The topological polar surface area (TPSA) is 87.6 Å². The van der Waals surface area contributed by atoms with Gasteiger partial charge in [-0.15, -0.1) is 0 Å². The second-order valence-electron chi connectivity index (χ2n) is 4.50. The molecular formula is C14H15N5O2. The summed E-state index contributed by atoms with van der Waals surface area (Å²) in [5, 5.41) is 4.10. The summed E-state index contributed by atoms with van der Waals surface area (Å²) in [4.78, 5) is 8.33. The normalized spacial score (nSPS) is 10.8. The van der Waals surface area contributed by atoms with E-state index in [1.165, 1.54) is 10.8 Å². The van der Waals surface area contributed by atoms with Crippen LogP contribution in [-0.4, -0.2) is 26.7 Å². The van der Waals surface area contributed by atoms with Crippen LogP contribution in [0.25, 0.3) is 5.78 Å². The zero-order valence-electron chi connectivity index (χ0n) is 11.8. The van der Waals surface area contributed by atoms with Gasteiger partial charge in [0.05, 0.1) is 7.11 Å². The van der Waals surface area contributed by atoms with Crippen molar-refractivity contribution < 1.29 is 9.47 Å². The first-order valence-electron chi connectivity index (χ1n) is 6.43. The van der Waals surface area contributed by atoms with Crippen LogP contribution in [0.2, 0.25) is 0 Å². The first-order chi connectivity index (χ1) is 10.2. The molecule has 3 rings (SSSR count). The highest BCUT2D eigenvalue weighted by atomic mass is 16.5. The third kappa shape index (κ3) is 2.50. The van der Waals surface area contributed by atoms with Crippen LogP contribution in [0.5, 0.6) is 17.4 Å². The number of aromatic nitrogens is 4. The average molecular weight is 285 g/mol. The smallest absolute Gasteiger partial charge is 0.255 e. The third-order valence-electron chi connectivity index (χ3n) is 3.03. The fourth-order valence-corrected chi connectivity index (χ4v) is 2.01. The second kappa shape index (κ2) is 5.37. The van der Waals surface area contributed by atoms with Crippen molar-refractivity contribution in [2.24, 2.45) is 5.73 Å². The van der Waals surface area contributed by atoms with E-state index in [2.05, 4.69) is 15.1 Å². The van der Waals surface area contributed by atoms with E-state index in [1.807, 2.05) is 25.1 Å². The fourth-order valence-electron chi connectivity index (χ4n) is 2.01. The number of methoxy groups -OCH3 is 1. The monoisotopic (exact) mass is 285 g/mol. The second-order valence-corrected chi connectivity index (χ2v) is 4.50. The minimum absolute atomic E-state index is 0.443. The summed E-state index contributed by atoms with van der Waals surface area (Å²) in [6.07, 6.45) is 1.43. The lowest BCUT2D eigenvalue weighted by Crippen LogP contribution is -2.01. The molecule has 0 fully saturated rings. The molecule has 0 bridgehead atoms. The Bertz CT molecular complexity index is 784. The van der Waals surface area contributed by atoms with E-state index >= 15 is 0 Å². The van der Waals surface area contributed by atoms with Gasteiger partial charge in [-0.05, 0) is 24.6 Å². The van der Waals surface area contributed by atoms with E-state index in [4.69, 9.17) is 15.2 Å². The molecular weight excluding hydrogens is 270 g/mol. The highest BCUT2D eigenvalue weighted by Gasteiger charge is 2.11. The Hall–Kier alpha value is -2.67.